The monoisotopic (exact) mass is 571 g/mol. The lowest BCUT2D eigenvalue weighted by atomic mass is 9.92. The molecule has 3 rings (SSSR count). The van der Waals surface area contributed by atoms with Gasteiger partial charge in [-0.25, -0.2) is 22.9 Å². The molecule has 2 heterocycles. The zero-order valence-corrected chi connectivity index (χ0v) is 22.2. The quantitative estimate of drug-likeness (QED) is 0.415. The highest BCUT2D eigenvalue weighted by molar-refractivity contribution is 7.92. The van der Waals surface area contributed by atoms with E-state index in [1.165, 1.54) is 19.3 Å². The van der Waals surface area contributed by atoms with Crippen LogP contribution in [0.1, 0.15) is 26.3 Å². The molecule has 1 aromatic carbocycles. The normalized spacial score (nSPS) is 17.9. The van der Waals surface area contributed by atoms with E-state index in [9.17, 15) is 36.0 Å². The molecule has 1 aliphatic heterocycles. The summed E-state index contributed by atoms with van der Waals surface area (Å²) in [6.07, 6.45) is 2.00. The van der Waals surface area contributed by atoms with Gasteiger partial charge in [-0.05, 0) is 55.9 Å². The Hall–Kier alpha value is -3.72. The number of likely N-dealkylation sites (N-methyl/N-ethyl adjacent to an activating group) is 1. The van der Waals surface area contributed by atoms with Crippen LogP contribution in [0.2, 0.25) is 0 Å². The van der Waals surface area contributed by atoms with E-state index >= 15 is 0 Å². The first-order chi connectivity index (χ1) is 18.2. The molecule has 39 heavy (non-hydrogen) atoms. The maximum atomic E-state index is 13.3. The minimum absolute atomic E-state index is 0.0772. The molecule has 1 atom stereocenters. The van der Waals surface area contributed by atoms with Crippen LogP contribution in [0.15, 0.2) is 47.6 Å². The van der Waals surface area contributed by atoms with Gasteiger partial charge in [0.15, 0.2) is 0 Å². The van der Waals surface area contributed by atoms with Crippen molar-refractivity contribution < 1.29 is 40.7 Å². The summed E-state index contributed by atoms with van der Waals surface area (Å²) in [5, 5.41) is 5.14. The lowest BCUT2D eigenvalue weighted by molar-refractivity contribution is -0.121. The van der Waals surface area contributed by atoms with E-state index < -0.39 is 43.8 Å². The van der Waals surface area contributed by atoms with Gasteiger partial charge in [-0.3, -0.25) is 15.1 Å². The van der Waals surface area contributed by atoms with Crippen molar-refractivity contribution in [3.05, 3.63) is 48.3 Å². The van der Waals surface area contributed by atoms with Crippen LogP contribution >= 0.6 is 0 Å². The molecule has 0 radical (unpaired) electrons. The second-order valence-corrected chi connectivity index (χ2v) is 10.8. The summed E-state index contributed by atoms with van der Waals surface area (Å²) < 4.78 is 66.9. The van der Waals surface area contributed by atoms with Crippen molar-refractivity contribution in [2.24, 2.45) is 0 Å². The van der Waals surface area contributed by atoms with Gasteiger partial charge in [-0.2, -0.15) is 13.2 Å². The van der Waals surface area contributed by atoms with Crippen LogP contribution < -0.4 is 15.5 Å². The van der Waals surface area contributed by atoms with E-state index in [1.807, 2.05) is 13.8 Å². The molecule has 1 aliphatic rings. The number of hydrogen-bond donors (Lipinski definition) is 2. The van der Waals surface area contributed by atoms with Gasteiger partial charge in [0, 0.05) is 19.2 Å². The molecule has 11 nitrogen and oxygen atoms in total. The minimum atomic E-state index is -5.59. The van der Waals surface area contributed by atoms with E-state index in [1.54, 1.807) is 6.07 Å². The van der Waals surface area contributed by atoms with Crippen LogP contribution in [0.4, 0.5) is 34.1 Å². The third-order valence-electron chi connectivity index (χ3n) is 6.20. The van der Waals surface area contributed by atoms with Gasteiger partial charge in [-0.1, -0.05) is 13.8 Å². The average molecular weight is 572 g/mol. The van der Waals surface area contributed by atoms with Gasteiger partial charge in [0.25, 0.3) is 15.7 Å². The van der Waals surface area contributed by atoms with Gasteiger partial charge < -0.3 is 15.0 Å². The Labute approximate surface area is 223 Å². The number of pyridine rings is 1. The van der Waals surface area contributed by atoms with Crippen LogP contribution in [0, 0.1) is 0 Å². The molecule has 0 aliphatic carbocycles. The van der Waals surface area contributed by atoms with Crippen molar-refractivity contribution in [3.8, 4) is 0 Å². The van der Waals surface area contributed by atoms with Gasteiger partial charge in [0.05, 0.1) is 22.5 Å². The van der Waals surface area contributed by atoms with E-state index in [2.05, 4.69) is 20.5 Å². The van der Waals surface area contributed by atoms with Crippen molar-refractivity contribution in [1.82, 2.24) is 15.2 Å². The number of benzene rings is 1. The maximum absolute atomic E-state index is 13.3. The van der Waals surface area contributed by atoms with Crippen LogP contribution in [-0.4, -0.2) is 73.6 Å². The number of aromatic nitrogens is 1. The highest BCUT2D eigenvalue weighted by atomic mass is 32.2. The number of hydrogen-bond acceptors (Lipinski definition) is 8. The number of alkyl halides is 3. The molecular weight excluding hydrogens is 543 g/mol. The molecule has 0 spiro atoms. The van der Waals surface area contributed by atoms with Crippen molar-refractivity contribution in [2.45, 2.75) is 43.1 Å². The summed E-state index contributed by atoms with van der Waals surface area (Å²) in [6, 6.07) is 3.92. The van der Waals surface area contributed by atoms with E-state index in [0.717, 1.165) is 25.2 Å². The van der Waals surface area contributed by atoms with Crippen LogP contribution in [0.25, 0.3) is 0 Å². The molecule has 0 bridgehead atoms. The Morgan fingerprint density at radius 1 is 1.15 bits per heavy atom. The summed E-state index contributed by atoms with van der Waals surface area (Å²) in [6.45, 7) is 7.75. The zero-order valence-electron chi connectivity index (χ0n) is 21.4. The number of ether oxygens (including phenoxy) is 1. The zero-order chi connectivity index (χ0) is 29.0. The summed E-state index contributed by atoms with van der Waals surface area (Å²) in [5.74, 6) is -0.733. The second kappa shape index (κ2) is 11.6. The first-order valence-electron chi connectivity index (χ1n) is 11.9. The van der Waals surface area contributed by atoms with Crippen LogP contribution in [0.3, 0.4) is 0 Å². The van der Waals surface area contributed by atoms with Gasteiger partial charge in [-0.15, -0.1) is 0 Å². The predicted molar refractivity (Wildman–Crippen MR) is 135 cm³/mol. The largest absolute Gasteiger partial charge is 0.501 e. The first-order valence-corrected chi connectivity index (χ1v) is 13.4. The molecule has 2 aromatic rings. The fraction of sp³-hybridized carbons (Fsp3) is 0.417. The maximum Gasteiger partial charge on any atom is 0.501 e. The topological polar surface area (TPSA) is 138 Å². The Morgan fingerprint density at radius 2 is 1.79 bits per heavy atom. The molecule has 1 fully saturated rings. The Morgan fingerprint density at radius 3 is 2.38 bits per heavy atom. The molecular formula is C24H28F3N5O6S. The Kier molecular flexibility index (Phi) is 8.85. The van der Waals surface area contributed by atoms with Crippen molar-refractivity contribution >= 4 is 39.2 Å². The van der Waals surface area contributed by atoms with E-state index in [4.69, 9.17) is 4.74 Å². The fourth-order valence-corrected chi connectivity index (χ4v) is 4.73. The summed E-state index contributed by atoms with van der Waals surface area (Å²) in [5.41, 5.74) is -6.41. The number of sulfone groups is 1. The Bertz CT molecular complexity index is 1330. The fourth-order valence-electron chi connectivity index (χ4n) is 3.97. The number of carbonyl (C=O) groups excluding carboxylic acids is 3. The van der Waals surface area contributed by atoms with Crippen LogP contribution in [-0.2, 0) is 25.8 Å². The van der Waals surface area contributed by atoms with Crippen molar-refractivity contribution in [1.29, 1.82) is 0 Å². The summed E-state index contributed by atoms with van der Waals surface area (Å²) in [4.78, 5) is 44.1. The predicted octanol–water partition coefficient (Wildman–Crippen LogP) is 3.32. The second-order valence-electron chi connectivity index (χ2n) is 8.84. The highest BCUT2D eigenvalue weighted by Crippen LogP contribution is 2.33. The lowest BCUT2D eigenvalue weighted by Gasteiger charge is -2.23. The molecule has 1 unspecified atom stereocenters. The lowest BCUT2D eigenvalue weighted by Crippen LogP contribution is -2.46. The number of imide groups is 1. The van der Waals surface area contributed by atoms with Gasteiger partial charge in [0.1, 0.15) is 12.1 Å². The van der Waals surface area contributed by atoms with Crippen molar-refractivity contribution in [2.75, 3.05) is 36.5 Å². The number of urea groups is 1. The number of rotatable bonds is 10. The highest BCUT2D eigenvalue weighted by Gasteiger charge is 2.49. The Balaban J connectivity index is 1.74. The number of nitrogens with zero attached hydrogens (tertiary/aromatic N) is 3. The molecule has 2 N–H and O–H groups in total. The third kappa shape index (κ3) is 6.47. The van der Waals surface area contributed by atoms with E-state index in [-0.39, 0.29) is 24.4 Å². The van der Waals surface area contributed by atoms with Crippen molar-refractivity contribution in [3.63, 3.8) is 0 Å². The minimum Gasteiger partial charge on any atom is -0.448 e. The molecule has 1 saturated heterocycles. The number of carbonyl (C=O) groups is 3. The molecule has 212 valence electrons. The van der Waals surface area contributed by atoms with Crippen LogP contribution in [0.5, 0.6) is 0 Å². The number of nitrogens with one attached hydrogen (secondary N) is 2. The molecule has 0 saturated carbocycles. The number of amides is 4. The van der Waals surface area contributed by atoms with Gasteiger partial charge in [0.2, 0.25) is 0 Å². The van der Waals surface area contributed by atoms with Gasteiger partial charge >= 0.3 is 17.6 Å². The summed E-state index contributed by atoms with van der Waals surface area (Å²) >= 11 is 0. The smallest absolute Gasteiger partial charge is 0.448 e. The third-order valence-corrected chi connectivity index (χ3v) is 7.70. The molecule has 4 amide bonds. The average Bonchev–Trinajstić information content (AvgIpc) is 3.09. The number of anilines is 2. The molecule has 1 aromatic heterocycles. The number of halogens is 3. The van der Waals surface area contributed by atoms with E-state index in [0.29, 0.717) is 29.1 Å². The first kappa shape index (κ1) is 29.8. The molecule has 15 heteroatoms. The standard InChI is InChI=1S/C24H28F3N5O6S/c1-4-31(5-2)12-13-38-22(35)29-19-15-28-11-10-16(19)14-23(3)20(33)32(21(34)30-23)17-6-8-18(9-7-17)39(36,37)24(25,26)27/h6-11,15H,4-5,12-14H2,1-3H3,(H,29,35)(H,30,34). The SMILES string of the molecule is CCN(CC)CCOC(=O)Nc1cnccc1CC1(C)NC(=O)N(c2ccc(S(=O)(=O)C(F)(F)F)cc2)C1=O. The summed E-state index contributed by atoms with van der Waals surface area (Å²) in [7, 11) is -5.59.